The van der Waals surface area contributed by atoms with Crippen LogP contribution >= 0.6 is 0 Å². The molecule has 0 saturated carbocycles. The fraction of sp³-hybridized carbons (Fsp3) is 0.273. The number of hydrogen-bond donors (Lipinski definition) is 1. The van der Waals surface area contributed by atoms with Gasteiger partial charge in [0.1, 0.15) is 5.69 Å². The number of rotatable bonds is 2. The van der Waals surface area contributed by atoms with E-state index in [2.05, 4.69) is 10.1 Å². The Morgan fingerprint density at radius 2 is 2.19 bits per heavy atom. The van der Waals surface area contributed by atoms with Crippen LogP contribution in [0.25, 0.3) is 11.4 Å². The van der Waals surface area contributed by atoms with Crippen molar-refractivity contribution < 1.29 is 9.50 Å². The van der Waals surface area contributed by atoms with Gasteiger partial charge in [0.2, 0.25) is 0 Å². The lowest BCUT2D eigenvalue weighted by atomic mass is 10.2. The maximum atomic E-state index is 13.8. The quantitative estimate of drug-likeness (QED) is 0.834. The number of aromatic nitrogens is 3. The molecule has 84 valence electrons. The molecule has 0 aromatic carbocycles. The van der Waals surface area contributed by atoms with Gasteiger partial charge in [0.25, 0.3) is 0 Å². The lowest BCUT2D eigenvalue weighted by Gasteiger charge is -1.99. The molecule has 2 heterocycles. The summed E-state index contributed by atoms with van der Waals surface area (Å²) in [4.78, 5) is 4.11. The third-order valence-electron chi connectivity index (χ3n) is 2.47. The van der Waals surface area contributed by atoms with Crippen molar-refractivity contribution >= 4 is 0 Å². The van der Waals surface area contributed by atoms with Crippen LogP contribution in [0.2, 0.25) is 0 Å². The van der Waals surface area contributed by atoms with Gasteiger partial charge in [-0.3, -0.25) is 4.68 Å². The SMILES string of the molecule is Cc1c(F)c(-c2cccc(CO)n2)nn1C. The third kappa shape index (κ3) is 1.69. The molecule has 0 amide bonds. The average molecular weight is 221 g/mol. The zero-order valence-corrected chi connectivity index (χ0v) is 9.11. The smallest absolute Gasteiger partial charge is 0.173 e. The molecule has 0 unspecified atom stereocenters. The number of hydrogen-bond acceptors (Lipinski definition) is 3. The number of aliphatic hydroxyl groups excluding tert-OH is 1. The Bertz CT molecular complexity index is 522. The number of nitrogens with zero attached hydrogens (tertiary/aromatic N) is 3. The Morgan fingerprint density at radius 3 is 2.75 bits per heavy atom. The highest BCUT2D eigenvalue weighted by Gasteiger charge is 2.15. The van der Waals surface area contributed by atoms with Crippen LogP contribution in [0.1, 0.15) is 11.4 Å². The molecule has 0 aliphatic carbocycles. The van der Waals surface area contributed by atoms with Crippen LogP contribution < -0.4 is 0 Å². The van der Waals surface area contributed by atoms with E-state index >= 15 is 0 Å². The van der Waals surface area contributed by atoms with Crippen LogP contribution in [-0.4, -0.2) is 19.9 Å². The molecule has 2 rings (SSSR count). The summed E-state index contributed by atoms with van der Waals surface area (Å²) in [5.41, 5.74) is 1.62. The van der Waals surface area contributed by atoms with E-state index in [0.717, 1.165) is 0 Å². The minimum absolute atomic E-state index is 0.165. The van der Waals surface area contributed by atoms with E-state index in [1.165, 1.54) is 4.68 Å². The van der Waals surface area contributed by atoms with Crippen LogP contribution in [0.4, 0.5) is 4.39 Å². The maximum absolute atomic E-state index is 13.8. The van der Waals surface area contributed by atoms with Crippen LogP contribution in [-0.2, 0) is 13.7 Å². The van der Waals surface area contributed by atoms with Gasteiger partial charge in [-0.1, -0.05) is 6.07 Å². The van der Waals surface area contributed by atoms with E-state index in [9.17, 15) is 4.39 Å². The fourth-order valence-corrected chi connectivity index (χ4v) is 1.45. The molecule has 16 heavy (non-hydrogen) atoms. The van der Waals surface area contributed by atoms with Crippen molar-refractivity contribution in [3.05, 3.63) is 35.4 Å². The molecule has 0 radical (unpaired) electrons. The summed E-state index contributed by atoms with van der Waals surface area (Å²) in [6.07, 6.45) is 0. The van der Waals surface area contributed by atoms with Gasteiger partial charge in [-0.15, -0.1) is 0 Å². The van der Waals surface area contributed by atoms with Crippen molar-refractivity contribution in [2.24, 2.45) is 7.05 Å². The highest BCUT2D eigenvalue weighted by Crippen LogP contribution is 2.21. The number of halogens is 1. The molecule has 2 aromatic heterocycles. The Hall–Kier alpha value is -1.75. The molecular formula is C11H12FN3O. The van der Waals surface area contributed by atoms with Crippen molar-refractivity contribution in [1.29, 1.82) is 0 Å². The van der Waals surface area contributed by atoms with Crippen molar-refractivity contribution in [3.63, 3.8) is 0 Å². The first-order valence-electron chi connectivity index (χ1n) is 4.89. The zero-order valence-electron chi connectivity index (χ0n) is 9.11. The average Bonchev–Trinajstić information content (AvgIpc) is 2.57. The summed E-state index contributed by atoms with van der Waals surface area (Å²) in [5.74, 6) is -0.370. The molecule has 4 nitrogen and oxygen atoms in total. The summed E-state index contributed by atoms with van der Waals surface area (Å²) < 4.78 is 15.2. The normalized spacial score (nSPS) is 10.8. The van der Waals surface area contributed by atoms with E-state index in [1.54, 1.807) is 32.2 Å². The van der Waals surface area contributed by atoms with Crippen LogP contribution in [0, 0.1) is 12.7 Å². The second-order valence-electron chi connectivity index (χ2n) is 3.54. The number of aliphatic hydroxyl groups is 1. The highest BCUT2D eigenvalue weighted by molar-refractivity contribution is 5.55. The Morgan fingerprint density at radius 1 is 1.44 bits per heavy atom. The summed E-state index contributed by atoms with van der Waals surface area (Å²) in [6.45, 7) is 1.49. The van der Waals surface area contributed by atoms with Gasteiger partial charge in [-0.25, -0.2) is 9.37 Å². The summed E-state index contributed by atoms with van der Waals surface area (Å²) in [5, 5.41) is 13.0. The van der Waals surface area contributed by atoms with Crippen molar-refractivity contribution in [3.8, 4) is 11.4 Å². The molecule has 0 bridgehead atoms. The van der Waals surface area contributed by atoms with Gasteiger partial charge in [-0.2, -0.15) is 5.10 Å². The second-order valence-corrected chi connectivity index (χ2v) is 3.54. The zero-order chi connectivity index (χ0) is 11.7. The minimum atomic E-state index is -0.370. The molecule has 0 atom stereocenters. The van der Waals surface area contributed by atoms with Gasteiger partial charge in [0.05, 0.1) is 23.7 Å². The van der Waals surface area contributed by atoms with E-state index in [0.29, 0.717) is 17.1 Å². The first-order chi connectivity index (χ1) is 7.63. The third-order valence-corrected chi connectivity index (χ3v) is 2.47. The summed E-state index contributed by atoms with van der Waals surface area (Å²) in [7, 11) is 1.68. The topological polar surface area (TPSA) is 50.9 Å². The Balaban J connectivity index is 2.54. The van der Waals surface area contributed by atoms with E-state index in [1.807, 2.05) is 0 Å². The van der Waals surface area contributed by atoms with Crippen molar-refractivity contribution in [1.82, 2.24) is 14.8 Å². The first kappa shape index (κ1) is 10.8. The molecule has 0 saturated heterocycles. The fourth-order valence-electron chi connectivity index (χ4n) is 1.45. The van der Waals surface area contributed by atoms with Gasteiger partial charge >= 0.3 is 0 Å². The molecular weight excluding hydrogens is 209 g/mol. The predicted molar refractivity (Wildman–Crippen MR) is 57.1 cm³/mol. The lowest BCUT2D eigenvalue weighted by molar-refractivity contribution is 0.277. The first-order valence-corrected chi connectivity index (χ1v) is 4.89. The van der Waals surface area contributed by atoms with Crippen LogP contribution in [0.3, 0.4) is 0 Å². The molecule has 0 spiro atoms. The molecule has 0 fully saturated rings. The Labute approximate surface area is 92.4 Å². The van der Waals surface area contributed by atoms with E-state index in [4.69, 9.17) is 5.11 Å². The summed E-state index contributed by atoms with van der Waals surface area (Å²) >= 11 is 0. The van der Waals surface area contributed by atoms with E-state index < -0.39 is 0 Å². The largest absolute Gasteiger partial charge is 0.390 e. The lowest BCUT2D eigenvalue weighted by Crippen LogP contribution is -1.94. The number of aryl methyl sites for hydroxylation is 1. The van der Waals surface area contributed by atoms with Gasteiger partial charge in [0.15, 0.2) is 5.82 Å². The maximum Gasteiger partial charge on any atom is 0.173 e. The molecule has 2 aromatic rings. The van der Waals surface area contributed by atoms with Gasteiger partial charge < -0.3 is 5.11 Å². The van der Waals surface area contributed by atoms with Crippen molar-refractivity contribution in [2.75, 3.05) is 0 Å². The Kier molecular flexibility index (Phi) is 2.70. The molecule has 5 heteroatoms. The molecule has 0 aliphatic heterocycles. The van der Waals surface area contributed by atoms with Gasteiger partial charge in [-0.05, 0) is 19.1 Å². The molecule has 0 aliphatic rings. The van der Waals surface area contributed by atoms with Gasteiger partial charge in [0, 0.05) is 7.05 Å². The molecule has 1 N–H and O–H groups in total. The van der Waals surface area contributed by atoms with Crippen LogP contribution in [0.15, 0.2) is 18.2 Å². The second kappa shape index (κ2) is 4.02. The van der Waals surface area contributed by atoms with E-state index in [-0.39, 0.29) is 18.1 Å². The predicted octanol–water partition coefficient (Wildman–Crippen LogP) is 1.42. The van der Waals surface area contributed by atoms with Crippen LogP contribution in [0.5, 0.6) is 0 Å². The van der Waals surface area contributed by atoms with Crippen molar-refractivity contribution in [2.45, 2.75) is 13.5 Å². The standard InChI is InChI=1S/C11H12FN3O/c1-7-10(12)11(14-15(7)2)9-5-3-4-8(6-16)13-9/h3-5,16H,6H2,1-2H3. The monoisotopic (exact) mass is 221 g/mol. The minimum Gasteiger partial charge on any atom is -0.390 e. The highest BCUT2D eigenvalue weighted by atomic mass is 19.1. The number of pyridine rings is 1. The summed E-state index contributed by atoms with van der Waals surface area (Å²) in [6, 6.07) is 5.07.